The van der Waals surface area contributed by atoms with Gasteiger partial charge in [-0.15, -0.1) is 0 Å². The van der Waals surface area contributed by atoms with Crippen LogP contribution in [0.3, 0.4) is 0 Å². The van der Waals surface area contributed by atoms with E-state index in [0.717, 1.165) is 24.5 Å². The monoisotopic (exact) mass is 270 g/mol. The van der Waals surface area contributed by atoms with E-state index < -0.39 is 0 Å². The highest BCUT2D eigenvalue weighted by Crippen LogP contribution is 2.28. The quantitative estimate of drug-likeness (QED) is 0.823. The van der Waals surface area contributed by atoms with Crippen molar-refractivity contribution in [3.8, 4) is 0 Å². The molecule has 2 fully saturated rings. The Hall–Kier alpha value is -1.79. The summed E-state index contributed by atoms with van der Waals surface area (Å²) in [5.41, 5.74) is 1.82. The Morgan fingerprint density at radius 1 is 1.40 bits per heavy atom. The van der Waals surface area contributed by atoms with Crippen LogP contribution in [0.4, 0.5) is 0 Å². The summed E-state index contributed by atoms with van der Waals surface area (Å²) in [6.07, 6.45) is 8.77. The predicted molar refractivity (Wildman–Crippen MR) is 76.2 cm³/mol. The third-order valence-corrected chi connectivity index (χ3v) is 4.33. The molecule has 1 N–H and O–H groups in total. The second-order valence-electron chi connectivity index (χ2n) is 5.63. The molecule has 2 unspecified atom stereocenters. The average Bonchev–Trinajstić information content (AvgIpc) is 3.11. The zero-order valence-corrected chi connectivity index (χ0v) is 11.5. The molecule has 0 radical (unpaired) electrons. The summed E-state index contributed by atoms with van der Waals surface area (Å²) >= 11 is 0. The van der Waals surface area contributed by atoms with Crippen LogP contribution in [0.1, 0.15) is 12.1 Å². The highest BCUT2D eigenvalue weighted by molar-refractivity contribution is 6.07. The molecular formula is C14H18N6. The van der Waals surface area contributed by atoms with E-state index in [2.05, 4.69) is 38.3 Å². The van der Waals surface area contributed by atoms with Crippen LogP contribution in [0.2, 0.25) is 0 Å². The molecule has 2 saturated heterocycles. The van der Waals surface area contributed by atoms with E-state index >= 15 is 0 Å². The molecule has 1 aromatic rings. The van der Waals surface area contributed by atoms with Crippen LogP contribution in [0, 0.1) is 0 Å². The van der Waals surface area contributed by atoms with Crippen molar-refractivity contribution in [2.45, 2.75) is 24.8 Å². The van der Waals surface area contributed by atoms with Gasteiger partial charge in [0.1, 0.15) is 6.33 Å². The number of nitrogens with zero attached hydrogens (tertiary/aromatic N) is 5. The first-order valence-corrected chi connectivity index (χ1v) is 7.05. The summed E-state index contributed by atoms with van der Waals surface area (Å²) in [5.74, 6) is 0. The summed E-state index contributed by atoms with van der Waals surface area (Å²) in [4.78, 5) is 17.8. The molecule has 0 saturated carbocycles. The number of aliphatic imine (C=N–C) groups is 1. The van der Waals surface area contributed by atoms with Crippen LogP contribution in [-0.4, -0.2) is 64.0 Å². The minimum Gasteiger partial charge on any atom is -0.347 e. The summed E-state index contributed by atoms with van der Waals surface area (Å²) in [5, 5.41) is 3.54. The fraction of sp³-hybridized carbons (Fsp3) is 0.500. The second kappa shape index (κ2) is 4.64. The fourth-order valence-electron chi connectivity index (χ4n) is 3.30. The second-order valence-corrected chi connectivity index (χ2v) is 5.63. The van der Waals surface area contributed by atoms with Crippen molar-refractivity contribution < 1.29 is 0 Å². The van der Waals surface area contributed by atoms with Crippen LogP contribution in [0.25, 0.3) is 0 Å². The molecule has 3 atom stereocenters. The molecule has 4 rings (SSSR count). The number of fused-ring (bicyclic) bond motifs is 2. The molecule has 6 nitrogen and oxygen atoms in total. The molecule has 0 aliphatic carbocycles. The van der Waals surface area contributed by atoms with Gasteiger partial charge in [-0.1, -0.05) is 0 Å². The Morgan fingerprint density at radius 2 is 2.35 bits per heavy atom. The molecule has 3 aliphatic heterocycles. The lowest BCUT2D eigenvalue weighted by molar-refractivity contribution is 0.0747. The largest absolute Gasteiger partial charge is 0.347 e. The lowest BCUT2D eigenvalue weighted by Gasteiger charge is -2.38. The fourth-order valence-corrected chi connectivity index (χ4v) is 3.30. The number of hydrogen-bond donors (Lipinski definition) is 1. The Balaban J connectivity index is 1.62. The maximum Gasteiger partial charge on any atom is 0.179 e. The number of likely N-dealkylation sites (tertiary alicyclic amines) is 1. The van der Waals surface area contributed by atoms with Gasteiger partial charge in [0, 0.05) is 44.6 Å². The molecule has 0 spiro atoms. The lowest BCUT2D eigenvalue weighted by atomic mass is 10.2. The SMILES string of the molecule is CN1C=CC(c2ccncn2)=NC1N1CC2C[C@H]1CN2. The number of nitrogens with one attached hydrogen (secondary N) is 1. The summed E-state index contributed by atoms with van der Waals surface area (Å²) in [7, 11) is 2.08. The van der Waals surface area contributed by atoms with E-state index in [1.165, 1.54) is 6.42 Å². The Kier molecular flexibility index (Phi) is 2.78. The van der Waals surface area contributed by atoms with Gasteiger partial charge in [-0.3, -0.25) is 4.90 Å². The van der Waals surface area contributed by atoms with Gasteiger partial charge in [-0.05, 0) is 18.6 Å². The van der Waals surface area contributed by atoms with Gasteiger partial charge in [-0.2, -0.15) is 0 Å². The first-order chi connectivity index (χ1) is 9.81. The van der Waals surface area contributed by atoms with Crippen molar-refractivity contribution in [1.82, 2.24) is 25.1 Å². The molecule has 2 bridgehead atoms. The number of piperazine rings is 1. The van der Waals surface area contributed by atoms with Crippen molar-refractivity contribution in [3.05, 3.63) is 36.6 Å². The predicted octanol–water partition coefficient (Wildman–Crippen LogP) is 0.0545. The van der Waals surface area contributed by atoms with E-state index in [1.807, 2.05) is 12.1 Å². The molecule has 0 amide bonds. The van der Waals surface area contributed by atoms with E-state index in [0.29, 0.717) is 12.1 Å². The summed E-state index contributed by atoms with van der Waals surface area (Å²) in [6, 6.07) is 3.15. The maximum absolute atomic E-state index is 4.90. The van der Waals surface area contributed by atoms with Crippen LogP contribution in [0.5, 0.6) is 0 Å². The molecule has 6 heteroatoms. The average molecular weight is 270 g/mol. The highest BCUT2D eigenvalue weighted by atomic mass is 15.5. The summed E-state index contributed by atoms with van der Waals surface area (Å²) < 4.78 is 0. The lowest BCUT2D eigenvalue weighted by Crippen LogP contribution is -2.53. The Bertz CT molecular complexity index is 554. The number of hydrogen-bond acceptors (Lipinski definition) is 6. The normalized spacial score (nSPS) is 32.8. The summed E-state index contributed by atoms with van der Waals surface area (Å²) in [6.45, 7) is 2.16. The van der Waals surface area contributed by atoms with Gasteiger partial charge in [-0.25, -0.2) is 15.0 Å². The van der Waals surface area contributed by atoms with Crippen LogP contribution >= 0.6 is 0 Å². The first-order valence-electron chi connectivity index (χ1n) is 7.05. The van der Waals surface area contributed by atoms with Gasteiger partial charge < -0.3 is 10.2 Å². The number of aromatic nitrogens is 2. The van der Waals surface area contributed by atoms with Crippen molar-refractivity contribution in [3.63, 3.8) is 0 Å². The molecule has 104 valence electrons. The standard InChI is InChI=1S/C14H18N6/c1-19-5-3-13(12-2-4-15-9-17-12)18-14(19)20-8-10-6-11(20)7-16-10/h2-5,9-11,14,16H,6-8H2,1H3/t10?,11-,14?/m0/s1. The van der Waals surface area contributed by atoms with Gasteiger partial charge in [0.2, 0.25) is 0 Å². The zero-order valence-electron chi connectivity index (χ0n) is 11.5. The third kappa shape index (κ3) is 1.92. The van der Waals surface area contributed by atoms with Crippen LogP contribution in [0.15, 0.2) is 35.9 Å². The van der Waals surface area contributed by atoms with Crippen LogP contribution in [-0.2, 0) is 0 Å². The third-order valence-electron chi connectivity index (χ3n) is 4.33. The molecule has 20 heavy (non-hydrogen) atoms. The van der Waals surface area contributed by atoms with E-state index in [1.54, 1.807) is 12.5 Å². The molecular weight excluding hydrogens is 252 g/mol. The topological polar surface area (TPSA) is 56.7 Å². The Morgan fingerprint density at radius 3 is 3.05 bits per heavy atom. The highest BCUT2D eigenvalue weighted by Gasteiger charge is 2.42. The zero-order chi connectivity index (χ0) is 13.5. The molecule has 3 aliphatic rings. The van der Waals surface area contributed by atoms with E-state index in [-0.39, 0.29) is 6.29 Å². The smallest absolute Gasteiger partial charge is 0.179 e. The molecule has 4 heterocycles. The van der Waals surface area contributed by atoms with E-state index in [4.69, 9.17) is 4.99 Å². The number of rotatable bonds is 2. The van der Waals surface area contributed by atoms with Gasteiger partial charge in [0.15, 0.2) is 6.29 Å². The Labute approximate surface area is 118 Å². The van der Waals surface area contributed by atoms with Crippen molar-refractivity contribution in [1.29, 1.82) is 0 Å². The van der Waals surface area contributed by atoms with E-state index in [9.17, 15) is 0 Å². The minimum atomic E-state index is 0.0852. The number of allylic oxidation sites excluding steroid dienone is 1. The van der Waals surface area contributed by atoms with Gasteiger partial charge in [0.25, 0.3) is 0 Å². The maximum atomic E-state index is 4.90. The van der Waals surface area contributed by atoms with Crippen molar-refractivity contribution in [2.75, 3.05) is 20.1 Å². The van der Waals surface area contributed by atoms with Gasteiger partial charge >= 0.3 is 0 Å². The van der Waals surface area contributed by atoms with Crippen molar-refractivity contribution in [2.24, 2.45) is 4.99 Å². The van der Waals surface area contributed by atoms with Gasteiger partial charge in [0.05, 0.1) is 11.4 Å². The van der Waals surface area contributed by atoms with Crippen LogP contribution < -0.4 is 5.32 Å². The first kappa shape index (κ1) is 12.0. The molecule has 0 aromatic carbocycles. The van der Waals surface area contributed by atoms with Crippen molar-refractivity contribution >= 4 is 5.71 Å². The minimum absolute atomic E-state index is 0.0852. The molecule has 1 aromatic heterocycles.